The van der Waals surface area contributed by atoms with Gasteiger partial charge in [0.05, 0.1) is 6.54 Å². The van der Waals surface area contributed by atoms with Crippen LogP contribution < -0.4 is 0 Å². The molecular formula is C8H5BrN2O. The number of benzene rings is 1. The van der Waals surface area contributed by atoms with E-state index in [4.69, 9.17) is 0 Å². The average Bonchev–Trinajstić information content (AvgIpc) is 2.04. The van der Waals surface area contributed by atoms with Crippen LogP contribution in [0.15, 0.2) is 32.9 Å². The van der Waals surface area contributed by atoms with Crippen LogP contribution in [-0.4, -0.2) is 5.91 Å². The largest absolute Gasteiger partial charge is 0.295 e. The summed E-state index contributed by atoms with van der Waals surface area (Å²) >= 11 is 3.33. The van der Waals surface area contributed by atoms with Crippen LogP contribution in [0.3, 0.4) is 0 Å². The van der Waals surface area contributed by atoms with Gasteiger partial charge in [0.2, 0.25) is 0 Å². The first kappa shape index (κ1) is 7.61. The molecule has 12 heavy (non-hydrogen) atoms. The van der Waals surface area contributed by atoms with Crippen LogP contribution in [0.1, 0.15) is 15.9 Å². The van der Waals surface area contributed by atoms with Crippen molar-refractivity contribution in [1.29, 1.82) is 0 Å². The van der Waals surface area contributed by atoms with Gasteiger partial charge in [-0.25, -0.2) is 0 Å². The van der Waals surface area contributed by atoms with Gasteiger partial charge < -0.3 is 0 Å². The molecule has 0 aromatic heterocycles. The van der Waals surface area contributed by atoms with E-state index in [-0.39, 0.29) is 5.91 Å². The standard InChI is InChI=1S/C8H5BrN2O/c9-6-1-2-7-5(3-6)4-10-11-8(7)12/h1-3H,4H2. The number of halogens is 1. The maximum atomic E-state index is 11.1. The van der Waals surface area contributed by atoms with Crippen molar-refractivity contribution in [3.05, 3.63) is 33.8 Å². The summed E-state index contributed by atoms with van der Waals surface area (Å²) in [5.74, 6) is -0.247. The van der Waals surface area contributed by atoms with E-state index in [1.54, 1.807) is 6.07 Å². The van der Waals surface area contributed by atoms with Gasteiger partial charge in [0, 0.05) is 10.0 Å². The SMILES string of the molecule is O=C1N=NCc2cc(Br)ccc21. The first-order valence-corrected chi connectivity index (χ1v) is 4.27. The molecule has 0 atom stereocenters. The van der Waals surface area contributed by atoms with E-state index in [9.17, 15) is 4.79 Å². The fourth-order valence-corrected chi connectivity index (χ4v) is 1.54. The zero-order chi connectivity index (χ0) is 8.55. The molecule has 0 N–H and O–H groups in total. The molecule has 0 spiro atoms. The molecule has 1 aliphatic rings. The molecule has 3 nitrogen and oxygen atoms in total. The molecule has 1 amide bonds. The van der Waals surface area contributed by atoms with E-state index in [2.05, 4.69) is 26.2 Å². The van der Waals surface area contributed by atoms with Gasteiger partial charge in [0.25, 0.3) is 5.91 Å². The second-order valence-corrected chi connectivity index (χ2v) is 3.42. The van der Waals surface area contributed by atoms with Crippen LogP contribution in [-0.2, 0) is 6.54 Å². The summed E-state index contributed by atoms with van der Waals surface area (Å²) in [5.41, 5.74) is 1.59. The quantitative estimate of drug-likeness (QED) is 0.668. The Morgan fingerprint density at radius 3 is 3.08 bits per heavy atom. The monoisotopic (exact) mass is 224 g/mol. The van der Waals surface area contributed by atoms with Gasteiger partial charge >= 0.3 is 0 Å². The molecule has 0 unspecified atom stereocenters. The molecule has 0 bridgehead atoms. The van der Waals surface area contributed by atoms with Crippen molar-refractivity contribution >= 4 is 21.8 Å². The second kappa shape index (κ2) is 2.79. The minimum Gasteiger partial charge on any atom is -0.265 e. The smallest absolute Gasteiger partial charge is 0.265 e. The van der Waals surface area contributed by atoms with Crippen LogP contribution in [0.5, 0.6) is 0 Å². The summed E-state index contributed by atoms with van der Waals surface area (Å²) < 4.78 is 0.964. The normalized spacial score (nSPS) is 14.6. The van der Waals surface area contributed by atoms with Gasteiger partial charge in [-0.2, -0.15) is 5.11 Å². The van der Waals surface area contributed by atoms with Crippen molar-refractivity contribution in [2.45, 2.75) is 6.54 Å². The van der Waals surface area contributed by atoms with Crippen molar-refractivity contribution in [2.75, 3.05) is 0 Å². The molecule has 1 aromatic rings. The first-order valence-electron chi connectivity index (χ1n) is 3.47. The fourth-order valence-electron chi connectivity index (χ4n) is 1.13. The van der Waals surface area contributed by atoms with E-state index in [0.717, 1.165) is 10.0 Å². The highest BCUT2D eigenvalue weighted by Gasteiger charge is 2.14. The third kappa shape index (κ3) is 1.18. The average molecular weight is 225 g/mol. The van der Waals surface area contributed by atoms with Gasteiger partial charge in [-0.15, -0.1) is 5.11 Å². The Balaban J connectivity index is 2.58. The number of hydrogen-bond donors (Lipinski definition) is 0. The Bertz CT molecular complexity index is 373. The van der Waals surface area contributed by atoms with E-state index < -0.39 is 0 Å². The molecule has 1 heterocycles. The van der Waals surface area contributed by atoms with Crippen LogP contribution in [0.4, 0.5) is 0 Å². The Morgan fingerprint density at radius 1 is 1.42 bits per heavy atom. The minimum atomic E-state index is -0.247. The number of hydrogen-bond acceptors (Lipinski definition) is 2. The van der Waals surface area contributed by atoms with Gasteiger partial charge in [-0.3, -0.25) is 4.79 Å². The highest BCUT2D eigenvalue weighted by atomic mass is 79.9. The molecular weight excluding hydrogens is 220 g/mol. The van der Waals surface area contributed by atoms with Gasteiger partial charge in [-0.05, 0) is 23.8 Å². The predicted octanol–water partition coefficient (Wildman–Crippen LogP) is 2.56. The number of azo groups is 1. The van der Waals surface area contributed by atoms with Crippen LogP contribution in [0.2, 0.25) is 0 Å². The highest BCUT2D eigenvalue weighted by molar-refractivity contribution is 9.10. The number of carbonyl (C=O) groups excluding carboxylic acids is 1. The fraction of sp³-hybridized carbons (Fsp3) is 0.125. The molecule has 0 radical (unpaired) electrons. The van der Waals surface area contributed by atoms with Gasteiger partial charge in [0.1, 0.15) is 0 Å². The first-order chi connectivity index (χ1) is 5.77. The van der Waals surface area contributed by atoms with Crippen molar-refractivity contribution in [3.63, 3.8) is 0 Å². The number of nitrogens with zero attached hydrogens (tertiary/aromatic N) is 2. The molecule has 0 fully saturated rings. The molecule has 0 aliphatic carbocycles. The molecule has 2 rings (SSSR count). The van der Waals surface area contributed by atoms with E-state index in [0.29, 0.717) is 12.1 Å². The summed E-state index contributed by atoms with van der Waals surface area (Å²) in [6.07, 6.45) is 0. The van der Waals surface area contributed by atoms with Crippen molar-refractivity contribution in [2.24, 2.45) is 10.2 Å². The zero-order valence-corrected chi connectivity index (χ0v) is 7.71. The molecule has 4 heteroatoms. The minimum absolute atomic E-state index is 0.247. The van der Waals surface area contributed by atoms with E-state index >= 15 is 0 Å². The van der Waals surface area contributed by atoms with Crippen LogP contribution >= 0.6 is 15.9 Å². The van der Waals surface area contributed by atoms with Gasteiger partial charge in [-0.1, -0.05) is 15.9 Å². The lowest BCUT2D eigenvalue weighted by Gasteiger charge is -2.07. The van der Waals surface area contributed by atoms with Crippen molar-refractivity contribution < 1.29 is 4.79 Å². The second-order valence-electron chi connectivity index (χ2n) is 2.51. The summed E-state index contributed by atoms with van der Waals surface area (Å²) in [5, 5.41) is 7.17. The molecule has 1 aliphatic heterocycles. The Labute approximate surface area is 77.6 Å². The number of carbonyl (C=O) groups is 1. The number of fused-ring (bicyclic) bond motifs is 1. The lowest BCUT2D eigenvalue weighted by molar-refractivity contribution is 0.0988. The van der Waals surface area contributed by atoms with Crippen molar-refractivity contribution in [1.82, 2.24) is 0 Å². The zero-order valence-electron chi connectivity index (χ0n) is 6.12. The Hall–Kier alpha value is -1.03. The third-order valence-corrected chi connectivity index (χ3v) is 2.19. The summed E-state index contributed by atoms with van der Waals surface area (Å²) in [4.78, 5) is 11.1. The lowest BCUT2D eigenvalue weighted by atomic mass is 10.1. The molecule has 60 valence electrons. The molecule has 0 saturated carbocycles. The molecule has 1 aromatic carbocycles. The topological polar surface area (TPSA) is 41.8 Å². The van der Waals surface area contributed by atoms with E-state index in [1.807, 2.05) is 12.1 Å². The lowest BCUT2D eigenvalue weighted by Crippen LogP contribution is -2.04. The third-order valence-electron chi connectivity index (χ3n) is 1.70. The van der Waals surface area contributed by atoms with Crippen LogP contribution in [0.25, 0.3) is 0 Å². The number of rotatable bonds is 0. The Morgan fingerprint density at radius 2 is 2.25 bits per heavy atom. The maximum Gasteiger partial charge on any atom is 0.295 e. The van der Waals surface area contributed by atoms with Crippen molar-refractivity contribution in [3.8, 4) is 0 Å². The number of amides is 1. The summed E-state index contributed by atoms with van der Waals surface area (Å²) in [6.45, 7) is 0.501. The maximum absolute atomic E-state index is 11.1. The van der Waals surface area contributed by atoms with E-state index in [1.165, 1.54) is 0 Å². The molecule has 0 saturated heterocycles. The predicted molar refractivity (Wildman–Crippen MR) is 47.0 cm³/mol. The highest BCUT2D eigenvalue weighted by Crippen LogP contribution is 2.21. The Kier molecular flexibility index (Phi) is 1.77. The summed E-state index contributed by atoms with van der Waals surface area (Å²) in [7, 11) is 0. The van der Waals surface area contributed by atoms with Gasteiger partial charge in [0.15, 0.2) is 0 Å². The summed E-state index contributed by atoms with van der Waals surface area (Å²) in [6, 6.07) is 5.49. The van der Waals surface area contributed by atoms with Crippen LogP contribution in [0, 0.1) is 0 Å².